The number of nitro groups is 1. The number of aliphatic hydroxyl groups excluding tert-OH is 1. The highest BCUT2D eigenvalue weighted by Gasteiger charge is 2.16. The molecule has 3 N–H and O–H groups in total. The van der Waals surface area contributed by atoms with E-state index in [4.69, 9.17) is 15.6 Å². The van der Waals surface area contributed by atoms with Gasteiger partial charge in [-0.1, -0.05) is 12.2 Å². The van der Waals surface area contributed by atoms with E-state index in [0.717, 1.165) is 0 Å². The average molecular weight is 238 g/mol. The molecule has 0 aliphatic heterocycles. The maximum absolute atomic E-state index is 10.8. The quantitative estimate of drug-likeness (QED) is 0.461. The molecule has 0 saturated heterocycles. The monoisotopic (exact) mass is 238 g/mol. The number of rotatable bonds is 5. The molecule has 6 nitrogen and oxygen atoms in total. The van der Waals surface area contributed by atoms with Crippen molar-refractivity contribution in [2.75, 3.05) is 19.5 Å². The van der Waals surface area contributed by atoms with E-state index >= 15 is 0 Å². The Morgan fingerprint density at radius 3 is 2.82 bits per heavy atom. The summed E-state index contributed by atoms with van der Waals surface area (Å²) in [5.41, 5.74) is 6.08. The fourth-order valence-corrected chi connectivity index (χ4v) is 1.32. The second-order valence-electron chi connectivity index (χ2n) is 3.32. The summed E-state index contributed by atoms with van der Waals surface area (Å²) < 4.78 is 4.96. The molecule has 0 unspecified atom stereocenters. The fourth-order valence-electron chi connectivity index (χ4n) is 1.32. The van der Waals surface area contributed by atoms with Gasteiger partial charge in [-0.3, -0.25) is 10.1 Å². The Labute approximate surface area is 98.5 Å². The van der Waals surface area contributed by atoms with Crippen LogP contribution in [0.5, 0.6) is 5.75 Å². The lowest BCUT2D eigenvalue weighted by Gasteiger charge is -2.05. The smallest absolute Gasteiger partial charge is 0.296 e. The maximum Gasteiger partial charge on any atom is 0.296 e. The number of anilines is 1. The highest BCUT2D eigenvalue weighted by Crippen LogP contribution is 2.31. The van der Waals surface area contributed by atoms with Gasteiger partial charge in [0.25, 0.3) is 5.69 Å². The predicted molar refractivity (Wildman–Crippen MR) is 64.8 cm³/mol. The van der Waals surface area contributed by atoms with Crippen molar-refractivity contribution >= 4 is 17.5 Å². The van der Waals surface area contributed by atoms with E-state index in [1.54, 1.807) is 18.2 Å². The van der Waals surface area contributed by atoms with Gasteiger partial charge in [-0.2, -0.15) is 0 Å². The van der Waals surface area contributed by atoms with Gasteiger partial charge in [-0.05, 0) is 12.5 Å². The fraction of sp³-hybridized carbons (Fsp3) is 0.273. The number of nitro benzene ring substituents is 1. The molecule has 1 aromatic rings. The molecule has 0 radical (unpaired) electrons. The summed E-state index contributed by atoms with van der Waals surface area (Å²) in [6, 6.07) is 2.88. The molecule has 1 rings (SSSR count). The third-order valence-electron chi connectivity index (χ3n) is 2.19. The van der Waals surface area contributed by atoms with E-state index in [2.05, 4.69) is 0 Å². The Hall–Kier alpha value is -2.08. The predicted octanol–water partition coefficient (Wildman–Crippen LogP) is 1.58. The summed E-state index contributed by atoms with van der Waals surface area (Å²) >= 11 is 0. The van der Waals surface area contributed by atoms with E-state index in [1.165, 1.54) is 13.2 Å². The van der Waals surface area contributed by atoms with Crippen molar-refractivity contribution in [2.24, 2.45) is 0 Å². The molecule has 0 heterocycles. The number of benzene rings is 1. The zero-order valence-electron chi connectivity index (χ0n) is 9.42. The molecule has 0 aromatic heterocycles. The Bertz CT molecular complexity index is 443. The van der Waals surface area contributed by atoms with Crippen LogP contribution in [0.4, 0.5) is 11.4 Å². The Morgan fingerprint density at radius 2 is 2.29 bits per heavy atom. The van der Waals surface area contributed by atoms with Crippen molar-refractivity contribution in [3.8, 4) is 5.75 Å². The van der Waals surface area contributed by atoms with Crippen molar-refractivity contribution in [3.63, 3.8) is 0 Å². The summed E-state index contributed by atoms with van der Waals surface area (Å²) in [5.74, 6) is 0.370. The molecule has 92 valence electrons. The SMILES string of the molecule is COc1cc(C=CCCO)c(N)c([N+](=O)[O-])c1. The number of nitrogens with two attached hydrogens (primary N) is 1. The van der Waals surface area contributed by atoms with Gasteiger partial charge >= 0.3 is 0 Å². The molecule has 0 aliphatic rings. The molecule has 0 bridgehead atoms. The van der Waals surface area contributed by atoms with Crippen molar-refractivity contribution in [2.45, 2.75) is 6.42 Å². The van der Waals surface area contributed by atoms with Crippen molar-refractivity contribution < 1.29 is 14.8 Å². The first-order chi connectivity index (χ1) is 8.10. The summed E-state index contributed by atoms with van der Waals surface area (Å²) in [5, 5.41) is 19.4. The lowest BCUT2D eigenvalue weighted by atomic mass is 10.1. The summed E-state index contributed by atoms with van der Waals surface area (Å²) in [7, 11) is 1.43. The van der Waals surface area contributed by atoms with Crippen LogP contribution in [0, 0.1) is 10.1 Å². The van der Waals surface area contributed by atoms with Crippen LogP contribution in [0.2, 0.25) is 0 Å². The second-order valence-corrected chi connectivity index (χ2v) is 3.32. The number of hydrogen-bond acceptors (Lipinski definition) is 5. The maximum atomic E-state index is 10.8. The number of methoxy groups -OCH3 is 1. The van der Waals surface area contributed by atoms with Gasteiger partial charge in [0.2, 0.25) is 0 Å². The standard InChI is InChI=1S/C11H14N2O4/c1-17-9-6-8(4-2-3-5-14)11(12)10(7-9)13(15)16/h2,4,6-7,14H,3,5,12H2,1H3. The van der Waals surface area contributed by atoms with E-state index in [-0.39, 0.29) is 18.0 Å². The van der Waals surface area contributed by atoms with Gasteiger partial charge in [0.15, 0.2) is 0 Å². The number of nitrogens with zero attached hydrogens (tertiary/aromatic N) is 1. The van der Waals surface area contributed by atoms with E-state index < -0.39 is 4.92 Å². The van der Waals surface area contributed by atoms with Gasteiger partial charge < -0.3 is 15.6 Å². The van der Waals surface area contributed by atoms with Crippen LogP contribution in [-0.4, -0.2) is 23.7 Å². The minimum absolute atomic E-state index is 0.0163. The van der Waals surface area contributed by atoms with Crippen molar-refractivity contribution in [1.29, 1.82) is 0 Å². The van der Waals surface area contributed by atoms with Crippen LogP contribution in [0.15, 0.2) is 18.2 Å². The molecule has 0 fully saturated rings. The lowest BCUT2D eigenvalue weighted by molar-refractivity contribution is -0.384. The third kappa shape index (κ3) is 3.18. The van der Waals surface area contributed by atoms with Crippen molar-refractivity contribution in [1.82, 2.24) is 0 Å². The largest absolute Gasteiger partial charge is 0.496 e. The zero-order chi connectivity index (χ0) is 12.8. The molecule has 6 heteroatoms. The number of aliphatic hydroxyl groups is 1. The molecule has 1 aromatic carbocycles. The molecular formula is C11H14N2O4. The van der Waals surface area contributed by atoms with E-state index in [1.807, 2.05) is 0 Å². The van der Waals surface area contributed by atoms with E-state index in [9.17, 15) is 10.1 Å². The number of hydrogen-bond donors (Lipinski definition) is 2. The van der Waals surface area contributed by atoms with Crippen LogP contribution in [0.3, 0.4) is 0 Å². The van der Waals surface area contributed by atoms with Gasteiger partial charge in [-0.25, -0.2) is 0 Å². The normalized spacial score (nSPS) is 10.7. The van der Waals surface area contributed by atoms with Gasteiger partial charge in [-0.15, -0.1) is 0 Å². The van der Waals surface area contributed by atoms with Crippen LogP contribution < -0.4 is 10.5 Å². The van der Waals surface area contributed by atoms with Crippen LogP contribution >= 0.6 is 0 Å². The van der Waals surface area contributed by atoms with E-state index in [0.29, 0.717) is 17.7 Å². The topological polar surface area (TPSA) is 98.6 Å². The summed E-state index contributed by atoms with van der Waals surface area (Å²) in [6.07, 6.45) is 3.78. The first-order valence-corrected chi connectivity index (χ1v) is 4.99. The molecule has 0 spiro atoms. The third-order valence-corrected chi connectivity index (χ3v) is 2.19. The molecule has 0 amide bonds. The first-order valence-electron chi connectivity index (χ1n) is 4.99. The van der Waals surface area contributed by atoms with Gasteiger partial charge in [0, 0.05) is 12.2 Å². The number of ether oxygens (including phenoxy) is 1. The minimum Gasteiger partial charge on any atom is -0.496 e. The molecule has 0 aliphatic carbocycles. The second kappa shape index (κ2) is 5.86. The van der Waals surface area contributed by atoms with Crippen LogP contribution in [-0.2, 0) is 0 Å². The zero-order valence-corrected chi connectivity index (χ0v) is 9.42. The van der Waals surface area contributed by atoms with Gasteiger partial charge in [0.1, 0.15) is 11.4 Å². The molecular weight excluding hydrogens is 224 g/mol. The first kappa shape index (κ1) is 13.0. The summed E-state index contributed by atoms with van der Waals surface area (Å²) in [6.45, 7) is 0.0163. The number of nitrogen functional groups attached to an aromatic ring is 1. The van der Waals surface area contributed by atoms with Crippen molar-refractivity contribution in [3.05, 3.63) is 33.9 Å². The van der Waals surface area contributed by atoms with Gasteiger partial charge in [0.05, 0.1) is 18.1 Å². The average Bonchev–Trinajstić information content (AvgIpc) is 2.31. The van der Waals surface area contributed by atoms with Crippen LogP contribution in [0.25, 0.3) is 6.08 Å². The highest BCUT2D eigenvalue weighted by molar-refractivity contribution is 5.75. The minimum atomic E-state index is -0.554. The highest BCUT2D eigenvalue weighted by atomic mass is 16.6. The Kier molecular flexibility index (Phi) is 4.47. The summed E-state index contributed by atoms with van der Waals surface area (Å²) in [4.78, 5) is 10.2. The Balaban J connectivity index is 3.19. The van der Waals surface area contributed by atoms with Crippen LogP contribution in [0.1, 0.15) is 12.0 Å². The molecule has 0 atom stereocenters. The molecule has 0 saturated carbocycles. The Morgan fingerprint density at radius 1 is 1.59 bits per heavy atom. The molecule has 17 heavy (non-hydrogen) atoms. The lowest BCUT2D eigenvalue weighted by Crippen LogP contribution is -1.99.